The molecular formula is C27H31ClN6O5. The summed E-state index contributed by atoms with van der Waals surface area (Å²) < 4.78 is 7.05. The van der Waals surface area contributed by atoms with Crippen molar-refractivity contribution in [2.75, 3.05) is 10.6 Å². The molecule has 1 aliphatic carbocycles. The number of amides is 2. The number of ether oxygens (including phenoxy) is 1. The number of carboxylic acids is 1. The van der Waals surface area contributed by atoms with Gasteiger partial charge in [-0.25, -0.2) is 14.5 Å². The van der Waals surface area contributed by atoms with Crippen LogP contribution in [0.5, 0.6) is 0 Å². The second-order valence-electron chi connectivity index (χ2n) is 9.45. The second kappa shape index (κ2) is 12.2. The Bertz CT molecular complexity index is 1380. The van der Waals surface area contributed by atoms with Gasteiger partial charge in [-0.3, -0.25) is 14.9 Å². The average molecular weight is 555 g/mol. The smallest absolute Gasteiger partial charge is 0.413 e. The number of aromatic nitrogens is 4. The molecule has 0 bridgehead atoms. The van der Waals surface area contributed by atoms with Crippen molar-refractivity contribution in [3.8, 4) is 11.4 Å². The molecule has 39 heavy (non-hydrogen) atoms. The quantitative estimate of drug-likeness (QED) is 0.332. The molecule has 0 radical (unpaired) electrons. The van der Waals surface area contributed by atoms with E-state index in [1.807, 2.05) is 13.0 Å². The summed E-state index contributed by atoms with van der Waals surface area (Å²) in [5.41, 5.74) is 2.42. The van der Waals surface area contributed by atoms with Crippen LogP contribution in [-0.4, -0.2) is 43.1 Å². The zero-order valence-corrected chi connectivity index (χ0v) is 22.7. The zero-order valence-electron chi connectivity index (χ0n) is 22.0. The molecule has 0 saturated heterocycles. The number of carbonyl (C=O) groups excluding carboxylic acids is 2. The lowest BCUT2D eigenvalue weighted by atomic mass is 9.78. The molecule has 1 aliphatic rings. The van der Waals surface area contributed by atoms with E-state index in [2.05, 4.69) is 25.9 Å². The van der Waals surface area contributed by atoms with Crippen molar-refractivity contribution >= 4 is 41.1 Å². The summed E-state index contributed by atoms with van der Waals surface area (Å²) in [6, 6.07) is 10.5. The Morgan fingerprint density at radius 2 is 1.85 bits per heavy atom. The molecule has 0 aliphatic heterocycles. The molecule has 4 rings (SSSR count). The van der Waals surface area contributed by atoms with Crippen LogP contribution >= 0.6 is 11.6 Å². The molecule has 1 saturated carbocycles. The van der Waals surface area contributed by atoms with Gasteiger partial charge in [0, 0.05) is 17.1 Å². The first-order chi connectivity index (χ1) is 18.7. The van der Waals surface area contributed by atoms with Crippen LogP contribution in [0.25, 0.3) is 11.4 Å². The van der Waals surface area contributed by atoms with Crippen LogP contribution in [0.2, 0.25) is 5.02 Å². The minimum absolute atomic E-state index is 0.309. The zero-order chi connectivity index (χ0) is 28.1. The number of nitrogens with one attached hydrogen (secondary N) is 2. The first-order valence-corrected chi connectivity index (χ1v) is 13.2. The van der Waals surface area contributed by atoms with Gasteiger partial charge in [-0.15, -0.1) is 5.10 Å². The highest BCUT2D eigenvalue weighted by Crippen LogP contribution is 2.32. The summed E-state index contributed by atoms with van der Waals surface area (Å²) >= 11 is 6.23. The van der Waals surface area contributed by atoms with Crippen molar-refractivity contribution < 1.29 is 24.2 Å². The highest BCUT2D eigenvalue weighted by molar-refractivity contribution is 6.31. The predicted octanol–water partition coefficient (Wildman–Crippen LogP) is 5.46. The summed E-state index contributed by atoms with van der Waals surface area (Å²) in [4.78, 5) is 41.9. The van der Waals surface area contributed by atoms with E-state index in [1.54, 1.807) is 44.2 Å². The maximum absolute atomic E-state index is 12.9. The van der Waals surface area contributed by atoms with Crippen LogP contribution in [0.1, 0.15) is 56.9 Å². The largest absolute Gasteiger partial charge is 0.481 e. The minimum Gasteiger partial charge on any atom is -0.481 e. The van der Waals surface area contributed by atoms with Gasteiger partial charge >= 0.3 is 12.1 Å². The third kappa shape index (κ3) is 6.36. The van der Waals surface area contributed by atoms with E-state index in [9.17, 15) is 19.5 Å². The lowest BCUT2D eigenvalue weighted by molar-refractivity contribution is -0.147. The van der Waals surface area contributed by atoms with Crippen LogP contribution in [0.3, 0.4) is 0 Å². The van der Waals surface area contributed by atoms with Gasteiger partial charge in [0.2, 0.25) is 5.91 Å². The number of benzene rings is 1. The fraction of sp³-hybridized carbons (Fsp3) is 0.407. The number of hydrogen-bond donors (Lipinski definition) is 3. The Balaban J connectivity index is 1.50. The molecule has 1 aromatic carbocycles. The first-order valence-electron chi connectivity index (χ1n) is 12.9. The van der Waals surface area contributed by atoms with E-state index >= 15 is 0 Å². The topological polar surface area (TPSA) is 148 Å². The normalized spacial score (nSPS) is 17.7. The number of rotatable bonds is 8. The Morgan fingerprint density at radius 3 is 2.51 bits per heavy atom. The molecule has 2 unspecified atom stereocenters. The number of anilines is 2. The molecule has 2 heterocycles. The molecule has 206 valence electrons. The van der Waals surface area contributed by atoms with Crippen molar-refractivity contribution in [3.05, 3.63) is 52.7 Å². The standard InChI is InChI=1S/C27H31ClN6O5/c1-4-34-24(31-27(38)39-16(3)17-9-7-8-12-20(17)28)23(32-33-34)22-14-13-21(15(2)29-22)30-25(35)18-10-5-6-11-19(18)26(36)37/h7-9,12-14,16,18-19H,4-6,10-11H2,1-3H3,(H,30,35)(H,31,38)(H,36,37)/t16-,18?,19?/m1/s1. The van der Waals surface area contributed by atoms with E-state index in [1.165, 1.54) is 4.68 Å². The summed E-state index contributed by atoms with van der Waals surface area (Å²) in [5, 5.41) is 23.9. The molecule has 1 fully saturated rings. The molecule has 12 heteroatoms. The van der Waals surface area contributed by atoms with Gasteiger partial charge in [-0.1, -0.05) is 47.9 Å². The van der Waals surface area contributed by atoms with Crippen molar-refractivity contribution in [2.24, 2.45) is 11.8 Å². The van der Waals surface area contributed by atoms with Gasteiger partial charge in [0.1, 0.15) is 6.10 Å². The lowest BCUT2D eigenvalue weighted by Gasteiger charge is -2.27. The van der Waals surface area contributed by atoms with Crippen LogP contribution < -0.4 is 10.6 Å². The number of carboxylic acid groups (broad SMARTS) is 1. The lowest BCUT2D eigenvalue weighted by Crippen LogP contribution is -2.36. The molecule has 11 nitrogen and oxygen atoms in total. The average Bonchev–Trinajstić information content (AvgIpc) is 3.32. The molecule has 0 spiro atoms. The molecule has 3 atom stereocenters. The van der Waals surface area contributed by atoms with Crippen molar-refractivity contribution in [1.82, 2.24) is 20.0 Å². The number of nitrogens with zero attached hydrogens (tertiary/aromatic N) is 4. The summed E-state index contributed by atoms with van der Waals surface area (Å²) in [7, 11) is 0. The molecule has 2 aromatic heterocycles. The van der Waals surface area contributed by atoms with Crippen LogP contribution in [0, 0.1) is 18.8 Å². The van der Waals surface area contributed by atoms with Gasteiger partial charge in [0.25, 0.3) is 0 Å². The Kier molecular flexibility index (Phi) is 8.80. The van der Waals surface area contributed by atoms with Crippen LogP contribution in [0.15, 0.2) is 36.4 Å². The van der Waals surface area contributed by atoms with E-state index in [-0.39, 0.29) is 5.91 Å². The van der Waals surface area contributed by atoms with Crippen molar-refractivity contribution in [2.45, 2.75) is 59.1 Å². The van der Waals surface area contributed by atoms with Gasteiger partial charge in [0.05, 0.1) is 28.9 Å². The van der Waals surface area contributed by atoms with E-state index in [0.29, 0.717) is 58.6 Å². The number of hydrogen-bond acceptors (Lipinski definition) is 7. The predicted molar refractivity (Wildman–Crippen MR) is 145 cm³/mol. The summed E-state index contributed by atoms with van der Waals surface area (Å²) in [6.07, 6.45) is 1.35. The number of aliphatic carboxylic acids is 1. The van der Waals surface area contributed by atoms with Gasteiger partial charge < -0.3 is 15.2 Å². The molecule has 3 aromatic rings. The SMILES string of the molecule is CCn1nnc(-c2ccc(NC(=O)C3CCCCC3C(=O)O)c(C)n2)c1NC(=O)O[C@H](C)c1ccccc1Cl. The maximum atomic E-state index is 12.9. The van der Waals surface area contributed by atoms with Crippen molar-refractivity contribution in [1.29, 1.82) is 0 Å². The first kappa shape index (κ1) is 28.0. The van der Waals surface area contributed by atoms with Gasteiger partial charge in [-0.2, -0.15) is 0 Å². The fourth-order valence-corrected chi connectivity index (χ4v) is 5.07. The van der Waals surface area contributed by atoms with Crippen LogP contribution in [0.4, 0.5) is 16.3 Å². The van der Waals surface area contributed by atoms with Crippen LogP contribution in [-0.2, 0) is 20.9 Å². The monoisotopic (exact) mass is 554 g/mol. The second-order valence-corrected chi connectivity index (χ2v) is 9.86. The Hall–Kier alpha value is -3.99. The highest BCUT2D eigenvalue weighted by atomic mass is 35.5. The third-order valence-electron chi connectivity index (χ3n) is 6.89. The highest BCUT2D eigenvalue weighted by Gasteiger charge is 2.36. The van der Waals surface area contributed by atoms with Gasteiger partial charge in [0.15, 0.2) is 11.5 Å². The van der Waals surface area contributed by atoms with E-state index < -0.39 is 30.0 Å². The minimum atomic E-state index is -0.945. The van der Waals surface area contributed by atoms with E-state index in [0.717, 1.165) is 12.8 Å². The summed E-state index contributed by atoms with van der Waals surface area (Å²) in [6.45, 7) is 5.74. The molecule has 2 amide bonds. The third-order valence-corrected chi connectivity index (χ3v) is 7.23. The summed E-state index contributed by atoms with van der Waals surface area (Å²) in [5.74, 6) is -2.24. The number of aryl methyl sites for hydroxylation is 2. The maximum Gasteiger partial charge on any atom is 0.413 e. The fourth-order valence-electron chi connectivity index (χ4n) is 4.78. The number of carbonyl (C=O) groups is 3. The number of halogens is 1. The van der Waals surface area contributed by atoms with E-state index in [4.69, 9.17) is 16.3 Å². The Morgan fingerprint density at radius 1 is 1.13 bits per heavy atom. The van der Waals surface area contributed by atoms with Crippen molar-refractivity contribution in [3.63, 3.8) is 0 Å². The van der Waals surface area contributed by atoms with Gasteiger partial charge in [-0.05, 0) is 51.8 Å². The molecular weight excluding hydrogens is 524 g/mol. The molecule has 3 N–H and O–H groups in total. The number of pyridine rings is 1. The Labute approximate surface area is 230 Å².